The lowest BCUT2D eigenvalue weighted by molar-refractivity contribution is 0.0532. The predicted molar refractivity (Wildman–Crippen MR) is 73.3 cm³/mol. The molecule has 0 amide bonds. The van der Waals surface area contributed by atoms with Gasteiger partial charge in [-0.2, -0.15) is 0 Å². The van der Waals surface area contributed by atoms with E-state index < -0.39 is 13.1 Å². The molecule has 98 valence electrons. The molecule has 1 aromatic heterocycles. The predicted octanol–water partition coefficient (Wildman–Crippen LogP) is 0.667. The van der Waals surface area contributed by atoms with Crippen LogP contribution in [0.5, 0.6) is 0 Å². The smallest absolute Gasteiger partial charge is 0.462 e. The van der Waals surface area contributed by atoms with E-state index in [9.17, 15) is 4.79 Å². The van der Waals surface area contributed by atoms with Crippen LogP contribution in [0.25, 0.3) is 10.6 Å². The number of rotatable bonds is 4. The van der Waals surface area contributed by atoms with Gasteiger partial charge in [-0.15, -0.1) is 11.3 Å². The van der Waals surface area contributed by atoms with Gasteiger partial charge in [0, 0.05) is 5.56 Å². The number of aromatic nitrogens is 1. The van der Waals surface area contributed by atoms with Crippen LogP contribution in [0.2, 0.25) is 0 Å². The lowest BCUT2D eigenvalue weighted by Gasteiger charge is -2.01. The van der Waals surface area contributed by atoms with Crippen molar-refractivity contribution in [3.05, 3.63) is 35.3 Å². The van der Waals surface area contributed by atoms with Crippen molar-refractivity contribution >= 4 is 29.9 Å². The zero-order valence-corrected chi connectivity index (χ0v) is 11.1. The highest BCUT2D eigenvalue weighted by Crippen LogP contribution is 2.24. The van der Waals surface area contributed by atoms with Gasteiger partial charge in [0.2, 0.25) is 0 Å². The van der Waals surface area contributed by atoms with Crippen LogP contribution in [0.1, 0.15) is 16.6 Å². The Labute approximate surface area is 114 Å². The van der Waals surface area contributed by atoms with Crippen molar-refractivity contribution in [1.82, 2.24) is 4.98 Å². The molecule has 2 aromatic rings. The largest absolute Gasteiger partial charge is 0.488 e. The number of esters is 1. The summed E-state index contributed by atoms with van der Waals surface area (Å²) in [6.45, 7) is 2.06. The number of nitrogens with zero attached hydrogens (tertiary/aromatic N) is 1. The quantitative estimate of drug-likeness (QED) is 0.634. The Kier molecular flexibility index (Phi) is 4.31. The van der Waals surface area contributed by atoms with Gasteiger partial charge in [-0.1, -0.05) is 24.3 Å². The van der Waals surface area contributed by atoms with Crippen molar-refractivity contribution in [3.63, 3.8) is 0 Å². The maximum absolute atomic E-state index is 11.5. The molecule has 0 aliphatic carbocycles. The molecular weight excluding hydrogens is 265 g/mol. The molecule has 0 atom stereocenters. The van der Waals surface area contributed by atoms with E-state index in [1.807, 2.05) is 0 Å². The highest BCUT2D eigenvalue weighted by Gasteiger charge is 2.15. The van der Waals surface area contributed by atoms with Crippen molar-refractivity contribution < 1.29 is 19.6 Å². The first-order valence-corrected chi connectivity index (χ1v) is 6.53. The molecule has 1 heterocycles. The van der Waals surface area contributed by atoms with Crippen molar-refractivity contribution in [3.8, 4) is 10.6 Å². The summed E-state index contributed by atoms with van der Waals surface area (Å²) in [6.07, 6.45) is 1.46. The summed E-state index contributed by atoms with van der Waals surface area (Å²) in [7, 11) is -1.52. The number of carbonyl (C=O) groups is 1. The minimum absolute atomic E-state index is 0.318. The van der Waals surface area contributed by atoms with E-state index in [1.54, 1.807) is 31.2 Å². The molecule has 0 bridgehead atoms. The molecule has 0 unspecified atom stereocenters. The van der Waals surface area contributed by atoms with Crippen molar-refractivity contribution in [2.45, 2.75) is 6.92 Å². The topological polar surface area (TPSA) is 79.7 Å². The SMILES string of the molecule is CCOC(=O)c1cnc(-c2cccc(B(O)O)c2)s1. The average molecular weight is 277 g/mol. The van der Waals surface area contributed by atoms with Crippen LogP contribution >= 0.6 is 11.3 Å². The fraction of sp³-hybridized carbons (Fsp3) is 0.167. The third-order valence-corrected chi connectivity index (χ3v) is 3.44. The lowest BCUT2D eigenvalue weighted by Crippen LogP contribution is -2.29. The zero-order chi connectivity index (χ0) is 13.8. The molecular formula is C12H12BNO4S. The fourth-order valence-corrected chi connectivity index (χ4v) is 2.34. The van der Waals surface area contributed by atoms with Crippen LogP contribution in [0.15, 0.2) is 30.5 Å². The first-order valence-electron chi connectivity index (χ1n) is 5.71. The third kappa shape index (κ3) is 3.20. The fourth-order valence-electron chi connectivity index (χ4n) is 1.54. The second kappa shape index (κ2) is 5.96. The van der Waals surface area contributed by atoms with Gasteiger partial charge in [0.1, 0.15) is 9.88 Å². The molecule has 7 heteroatoms. The van der Waals surface area contributed by atoms with Crippen molar-refractivity contribution in [1.29, 1.82) is 0 Å². The maximum atomic E-state index is 11.5. The number of hydrogen-bond donors (Lipinski definition) is 2. The van der Waals surface area contributed by atoms with Gasteiger partial charge in [-0.3, -0.25) is 0 Å². The zero-order valence-electron chi connectivity index (χ0n) is 10.2. The summed E-state index contributed by atoms with van der Waals surface area (Å²) in [5.41, 5.74) is 1.11. The molecule has 0 saturated heterocycles. The number of ether oxygens (including phenoxy) is 1. The van der Waals surface area contributed by atoms with Crippen molar-refractivity contribution in [2.75, 3.05) is 6.61 Å². The summed E-state index contributed by atoms with van der Waals surface area (Å²) in [5.74, 6) is -0.399. The van der Waals surface area contributed by atoms with E-state index in [-0.39, 0.29) is 0 Å². The van der Waals surface area contributed by atoms with Crippen molar-refractivity contribution in [2.24, 2.45) is 0 Å². The molecule has 0 saturated carbocycles. The van der Waals surface area contributed by atoms with Crippen LogP contribution in [0.3, 0.4) is 0 Å². The third-order valence-electron chi connectivity index (χ3n) is 2.41. The number of thiazole rings is 1. The molecule has 2 N–H and O–H groups in total. The monoisotopic (exact) mass is 277 g/mol. The maximum Gasteiger partial charge on any atom is 0.488 e. The summed E-state index contributed by atoms with van der Waals surface area (Å²) in [5, 5.41) is 18.9. The normalized spacial score (nSPS) is 10.3. The Morgan fingerprint density at radius 2 is 2.26 bits per heavy atom. The minimum Gasteiger partial charge on any atom is -0.462 e. The summed E-state index contributed by atoms with van der Waals surface area (Å²) < 4.78 is 4.89. The molecule has 0 aliphatic rings. The first kappa shape index (κ1) is 13.7. The average Bonchev–Trinajstić information content (AvgIpc) is 2.89. The van der Waals surface area contributed by atoms with Crippen LogP contribution in [0.4, 0.5) is 0 Å². The molecule has 0 fully saturated rings. The Morgan fingerprint density at radius 1 is 1.47 bits per heavy atom. The summed E-state index contributed by atoms with van der Waals surface area (Å²) in [6, 6.07) is 6.72. The molecule has 5 nitrogen and oxygen atoms in total. The minimum atomic E-state index is -1.52. The lowest BCUT2D eigenvalue weighted by atomic mass is 9.80. The number of carbonyl (C=O) groups excluding carboxylic acids is 1. The van der Waals surface area contributed by atoms with Gasteiger partial charge >= 0.3 is 13.1 Å². The molecule has 19 heavy (non-hydrogen) atoms. The van der Waals surface area contributed by atoms with Crippen LogP contribution in [-0.4, -0.2) is 34.7 Å². The van der Waals surface area contributed by atoms with Gasteiger partial charge in [0.15, 0.2) is 0 Å². The molecule has 1 aromatic carbocycles. The van der Waals surface area contributed by atoms with Gasteiger partial charge in [-0.25, -0.2) is 9.78 Å². The first-order chi connectivity index (χ1) is 9.11. The van der Waals surface area contributed by atoms with Crippen LogP contribution in [-0.2, 0) is 4.74 Å². The Hall–Kier alpha value is -1.70. The second-order valence-corrected chi connectivity index (χ2v) is 4.78. The molecule has 0 spiro atoms. The van der Waals surface area contributed by atoms with Crippen LogP contribution < -0.4 is 5.46 Å². The van der Waals surface area contributed by atoms with Gasteiger partial charge in [0.05, 0.1) is 12.8 Å². The molecule has 2 rings (SSSR count). The van der Waals surface area contributed by atoms with E-state index in [4.69, 9.17) is 14.8 Å². The van der Waals surface area contributed by atoms with E-state index in [2.05, 4.69) is 4.98 Å². The highest BCUT2D eigenvalue weighted by atomic mass is 32.1. The standard InChI is InChI=1S/C12H12BNO4S/c1-2-18-12(15)10-7-14-11(19-10)8-4-3-5-9(6-8)13(16)17/h3-7,16-17H,2H2,1H3. The molecule has 0 radical (unpaired) electrons. The molecule has 0 aliphatic heterocycles. The number of hydrogen-bond acceptors (Lipinski definition) is 6. The van der Waals surface area contributed by atoms with E-state index >= 15 is 0 Å². The Morgan fingerprint density at radius 3 is 2.95 bits per heavy atom. The highest BCUT2D eigenvalue weighted by molar-refractivity contribution is 7.16. The van der Waals surface area contributed by atoms with E-state index in [0.717, 1.165) is 5.56 Å². The summed E-state index contributed by atoms with van der Waals surface area (Å²) in [4.78, 5) is 16.1. The van der Waals surface area contributed by atoms with Crippen LogP contribution in [0, 0.1) is 0 Å². The van der Waals surface area contributed by atoms with E-state index in [0.29, 0.717) is 22.0 Å². The second-order valence-electron chi connectivity index (χ2n) is 3.75. The van der Waals surface area contributed by atoms with Gasteiger partial charge in [-0.05, 0) is 12.4 Å². The summed E-state index contributed by atoms with van der Waals surface area (Å²) >= 11 is 1.21. The van der Waals surface area contributed by atoms with Gasteiger partial charge < -0.3 is 14.8 Å². The Bertz CT molecular complexity index is 585. The van der Waals surface area contributed by atoms with E-state index in [1.165, 1.54) is 17.5 Å². The Balaban J connectivity index is 2.27. The van der Waals surface area contributed by atoms with Gasteiger partial charge in [0.25, 0.3) is 0 Å². The number of benzene rings is 1.